The zero-order valence-electron chi connectivity index (χ0n) is 39.1. The zero-order valence-corrected chi connectivity index (χ0v) is 56.4. The van der Waals surface area contributed by atoms with E-state index in [1.807, 2.05) is 18.4 Å². The number of hydrogen-bond acceptors (Lipinski definition) is 18. The van der Waals surface area contributed by atoms with Gasteiger partial charge in [0.15, 0.2) is 12.3 Å². The fraction of sp³-hybridized carbons (Fsp3) is 0.341. The first-order valence-electron chi connectivity index (χ1n) is 18.9. The number of hydrogen-bond donors (Lipinski definition) is 2. The van der Waals surface area contributed by atoms with Crippen LogP contribution in [0.3, 0.4) is 0 Å². The van der Waals surface area contributed by atoms with Crippen molar-refractivity contribution in [3.8, 4) is 0 Å². The van der Waals surface area contributed by atoms with Crippen LogP contribution in [0, 0.1) is 0 Å². The van der Waals surface area contributed by atoms with Gasteiger partial charge in [0.25, 0.3) is 0 Å². The summed E-state index contributed by atoms with van der Waals surface area (Å²) in [6.45, 7) is 7.33. The van der Waals surface area contributed by atoms with Crippen molar-refractivity contribution in [1.82, 2.24) is 10.6 Å². The van der Waals surface area contributed by atoms with E-state index in [1.54, 1.807) is 79.5 Å². The molecule has 0 aliphatic carbocycles. The van der Waals surface area contributed by atoms with E-state index < -0.39 is 86.5 Å². The summed E-state index contributed by atoms with van der Waals surface area (Å²) in [5.41, 5.74) is 2.02. The molecule has 338 valence electrons. The van der Waals surface area contributed by atoms with Gasteiger partial charge in [-0.25, -0.2) is 8.42 Å². The van der Waals surface area contributed by atoms with Gasteiger partial charge in [-0.1, -0.05) is 44.2 Å². The third kappa shape index (κ3) is 20.5. The van der Waals surface area contributed by atoms with E-state index in [4.69, 9.17) is 0 Å². The van der Waals surface area contributed by atoms with E-state index >= 15 is 0 Å². The van der Waals surface area contributed by atoms with Gasteiger partial charge in [0, 0.05) is 77.1 Å². The number of carbonyl (C=O) groups is 6. The van der Waals surface area contributed by atoms with Gasteiger partial charge in [-0.15, -0.1) is 0 Å². The Kier molecular flexibility index (Phi) is 35.2. The summed E-state index contributed by atoms with van der Waals surface area (Å²) >= 11 is 0.685. The maximum absolute atomic E-state index is 12.8. The van der Waals surface area contributed by atoms with E-state index in [1.165, 1.54) is 12.1 Å². The van der Waals surface area contributed by atoms with Crippen LogP contribution < -0.4 is 298 Å². The number of rotatable bonds is 22. The van der Waals surface area contributed by atoms with Crippen LogP contribution in [0.2, 0.25) is 0 Å². The van der Waals surface area contributed by atoms with Crippen LogP contribution in [-0.2, 0) is 59.1 Å². The van der Waals surface area contributed by atoms with E-state index in [2.05, 4.69) is 20.0 Å². The Morgan fingerprint density at radius 3 is 1.82 bits per heavy atom. The molecule has 0 saturated heterocycles. The van der Waals surface area contributed by atoms with Crippen molar-refractivity contribution in [2.45, 2.75) is 86.1 Å². The summed E-state index contributed by atoms with van der Waals surface area (Å²) < 4.78 is 42.0. The third-order valence-electron chi connectivity index (χ3n) is 10.2. The van der Waals surface area contributed by atoms with Crippen LogP contribution in [0.5, 0.6) is 0 Å². The molecule has 2 aliphatic rings. The fourth-order valence-electron chi connectivity index (χ4n) is 7.22. The van der Waals surface area contributed by atoms with E-state index in [9.17, 15) is 67.4 Å². The van der Waals surface area contributed by atoms with Gasteiger partial charge >= 0.3 is 257 Å². The predicted octanol–water partition coefficient (Wildman–Crippen LogP) is -17.9. The second kappa shape index (κ2) is 33.2. The topological polar surface area (TPSA) is 324 Å². The molecule has 2 N–H and O–H groups in total. The second-order valence-electron chi connectivity index (χ2n) is 15.2. The van der Waals surface area contributed by atoms with Gasteiger partial charge < -0.3 is 64.9 Å². The number of benzene rings is 2. The summed E-state index contributed by atoms with van der Waals surface area (Å²) in [5, 5.41) is 62.9. The smallest absolute Gasteiger partial charge is 0.744 e. The number of carboxylic acids is 4. The summed E-state index contributed by atoms with van der Waals surface area (Å²) in [7, 11) is -4.83. The normalized spacial score (nSPS) is 15.7. The number of allylic oxidation sites excluding steroid dienone is 8. The molecule has 27 heteroatoms. The molecule has 0 radical (unpaired) electrons. The molecule has 0 saturated carbocycles. The number of carboxylic acid groups (broad SMARTS) is 4. The summed E-state index contributed by atoms with van der Waals surface area (Å²) in [6.07, 6.45) is 9.34. The third-order valence-corrected chi connectivity index (χ3v) is 11.6. The number of aliphatic carboxylic acids is 4. The van der Waals surface area contributed by atoms with Crippen molar-refractivity contribution in [3.63, 3.8) is 0 Å². The molecule has 2 atom stereocenters. The van der Waals surface area contributed by atoms with Gasteiger partial charge in [0.05, 0.1) is 52.8 Å². The fourth-order valence-corrected chi connectivity index (χ4v) is 8.11. The Bertz CT molecular complexity index is 2450. The van der Waals surface area contributed by atoms with Crippen LogP contribution in [0.4, 0.5) is 11.4 Å². The number of nitrogens with zero attached hydrogens (tertiary/aromatic N) is 2. The number of anilines is 1. The maximum atomic E-state index is 12.8. The Morgan fingerprint density at radius 2 is 1.29 bits per heavy atom. The molecule has 20 nitrogen and oxygen atoms in total. The van der Waals surface area contributed by atoms with Crippen LogP contribution in [0.25, 0.3) is 0 Å². The zero-order chi connectivity index (χ0) is 46.9. The Labute approximate surface area is 610 Å². The minimum Gasteiger partial charge on any atom is -0.744 e. The van der Waals surface area contributed by atoms with Crippen molar-refractivity contribution < 1.29 is 338 Å². The molecule has 0 unspecified atom stereocenters. The van der Waals surface area contributed by atoms with Crippen molar-refractivity contribution in [2.24, 2.45) is 0 Å². The second-order valence-corrected chi connectivity index (χ2v) is 17.3. The van der Waals surface area contributed by atoms with E-state index in [0.29, 0.717) is 45.3 Å². The minimum absolute atomic E-state index is 0. The van der Waals surface area contributed by atoms with Crippen LogP contribution in [0.15, 0.2) is 94.4 Å². The predicted molar refractivity (Wildman–Crippen MR) is 210 cm³/mol. The molecule has 68 heavy (non-hydrogen) atoms. The molecule has 2 heterocycles. The molecular formula is C41H41K5N4O16S2. The Balaban J connectivity index is 0. The van der Waals surface area contributed by atoms with Crippen molar-refractivity contribution in [2.75, 3.05) is 18.0 Å². The van der Waals surface area contributed by atoms with Gasteiger partial charge in [-0.05, 0) is 55.8 Å². The van der Waals surface area contributed by atoms with Gasteiger partial charge in [0.1, 0.15) is 10.1 Å². The first-order chi connectivity index (χ1) is 29.5. The van der Waals surface area contributed by atoms with Crippen LogP contribution in [-0.4, -0.2) is 84.1 Å². The molecular weight excluding hydrogens is 1060 g/mol. The van der Waals surface area contributed by atoms with E-state index in [-0.39, 0.29) is 283 Å². The summed E-state index contributed by atoms with van der Waals surface area (Å²) in [4.78, 5) is 72.0. The minimum atomic E-state index is -4.83. The maximum Gasteiger partial charge on any atom is 1.00 e. The van der Waals surface area contributed by atoms with E-state index in [0.717, 1.165) is 11.6 Å². The first-order valence-corrected chi connectivity index (χ1v) is 21.1. The molecule has 0 fully saturated rings. The average Bonchev–Trinajstić information content (AvgIpc) is 3.53. The monoisotopic (exact) mass is 1100 g/mol. The molecule has 4 rings (SSSR count). The Morgan fingerprint density at radius 1 is 0.750 bits per heavy atom. The molecule has 2 aromatic carbocycles. The van der Waals surface area contributed by atoms with Crippen LogP contribution >= 0.6 is 12.0 Å². The van der Waals surface area contributed by atoms with Gasteiger partial charge in [0.2, 0.25) is 17.5 Å². The quantitative estimate of drug-likeness (QED) is 0.0210. The molecule has 0 spiro atoms. The van der Waals surface area contributed by atoms with Crippen molar-refractivity contribution in [1.29, 1.82) is 0 Å². The Hall–Kier alpha value is 2.01. The van der Waals surface area contributed by atoms with Crippen molar-refractivity contribution >= 4 is 74.9 Å². The van der Waals surface area contributed by atoms with Crippen LogP contribution in [0.1, 0.15) is 64.5 Å². The molecule has 2 amide bonds. The molecule has 2 aromatic rings. The SMILES string of the molecule is CC1(C)C(/C=C/C=C/C=C/C=C2/N(CCC(=O)N[C@@H](CC(=O)[O-])C(=O)[O-])c3ccc(S(=O)(=O)[O-])cc3C2(C)C)=[N+](CCC(=O)N[C@@H](CC(=O)[O-])C(=O)[O-])c2ccc(SOO[O-])cc21.[K+].[K+].[K+].[K+].[K+]. The number of fused-ring (bicyclic) bond motifs is 2. The largest absolute Gasteiger partial charge is 1.00 e. The van der Waals surface area contributed by atoms with Gasteiger partial charge in [-0.3, -0.25) is 14.6 Å². The molecule has 2 aliphatic heterocycles. The average molecular weight is 1110 g/mol. The summed E-state index contributed by atoms with van der Waals surface area (Å²) in [6, 6.07) is 5.32. The number of amides is 2. The standard InChI is InChI=1S/C41H46N4O16S2.5K/c1-40(2)26-20-24(62-61-60-56)12-14-30(26)44(18-16-34(46)42-28(38(52)53)22-36(48)49)32(40)10-8-6-5-7-9-11-33-41(3,4)27-21-25(63(57,58)59)13-15-31(27)45(33)19-17-35(47)43-29(39(54)55)23-37(50)51;;;;;/h5-15,20-21,28-29H,16-19,22-23H2,1-4H3,(H7-,42,43,46,47,48,49,50,51,52,53,54,55,56,57,58,59);;;;;/q;5*+1/p-5/t28-,29-;;;;;/m0...../s1. The number of carbonyl (C=O) groups excluding carboxylic acids is 6. The first kappa shape index (κ1) is 72.1. The van der Waals surface area contributed by atoms with Crippen molar-refractivity contribution in [3.05, 3.63) is 95.8 Å². The number of nitrogens with one attached hydrogen (secondary N) is 2. The summed E-state index contributed by atoms with van der Waals surface area (Å²) in [5.74, 6) is -8.56. The molecule has 0 aromatic heterocycles. The van der Waals surface area contributed by atoms with Gasteiger partial charge in [-0.2, -0.15) is 8.91 Å². The molecule has 0 bridgehead atoms.